The average molecular weight is 601 g/mol. The van der Waals surface area contributed by atoms with E-state index in [2.05, 4.69) is 24.3 Å². The molecule has 47 heavy (non-hydrogen) atoms. The Morgan fingerprint density at radius 3 is 1.60 bits per heavy atom. The zero-order valence-corrected chi connectivity index (χ0v) is 25.1. The molecule has 0 aliphatic carbocycles. The summed E-state index contributed by atoms with van der Waals surface area (Å²) in [5.41, 5.74) is 14.6. The van der Waals surface area contributed by atoms with Gasteiger partial charge >= 0.3 is 0 Å². The van der Waals surface area contributed by atoms with Gasteiger partial charge in [0.25, 0.3) is 0 Å². The lowest BCUT2D eigenvalue weighted by molar-refractivity contribution is 1.14. The Labute approximate surface area is 271 Å². The van der Waals surface area contributed by atoms with E-state index in [-0.39, 0.29) is 12.0 Å². The van der Waals surface area contributed by atoms with Crippen molar-refractivity contribution in [1.29, 1.82) is 21.0 Å². The van der Waals surface area contributed by atoms with Crippen LogP contribution >= 0.6 is 0 Å². The van der Waals surface area contributed by atoms with Crippen molar-refractivity contribution in [1.82, 2.24) is 4.57 Å². The second kappa shape index (κ2) is 11.8. The Bertz CT molecular complexity index is 2510. The van der Waals surface area contributed by atoms with Gasteiger partial charge in [-0.15, -0.1) is 0 Å². The monoisotopic (exact) mass is 600 g/mol. The van der Waals surface area contributed by atoms with E-state index in [1.165, 1.54) is 0 Å². The minimum absolute atomic E-state index is 0.270. The number of rotatable bonds is 5. The SMILES string of the molecule is N#Cc1ccc(C#N)c(-c2c(C#N)ccc(C#N)c2-n2c3ccccc3c3ccccc32)c1Cc1ccccc1-c1ccccc1N. The predicted molar refractivity (Wildman–Crippen MR) is 184 cm³/mol. The molecule has 0 amide bonds. The fraction of sp³-hybridized carbons (Fsp3) is 0.0244. The molecule has 0 bridgehead atoms. The minimum Gasteiger partial charge on any atom is -0.398 e. The molecule has 0 aliphatic heterocycles. The maximum absolute atomic E-state index is 10.6. The highest BCUT2D eigenvalue weighted by Crippen LogP contribution is 2.43. The molecular formula is C41H24N6. The molecule has 6 heteroatoms. The van der Waals surface area contributed by atoms with Crippen molar-refractivity contribution in [2.75, 3.05) is 5.73 Å². The molecule has 218 valence electrons. The van der Waals surface area contributed by atoms with Gasteiger partial charge in [0.2, 0.25) is 0 Å². The first-order chi connectivity index (χ1) is 23.1. The van der Waals surface area contributed by atoms with Crippen LogP contribution in [-0.4, -0.2) is 4.57 Å². The molecular weight excluding hydrogens is 576 g/mol. The normalized spacial score (nSPS) is 10.6. The summed E-state index contributed by atoms with van der Waals surface area (Å²) in [5.74, 6) is 0. The summed E-state index contributed by atoms with van der Waals surface area (Å²) in [5, 5.41) is 44.1. The van der Waals surface area contributed by atoms with Crippen molar-refractivity contribution in [3.05, 3.63) is 155 Å². The third-order valence-corrected chi connectivity index (χ3v) is 8.66. The molecule has 0 spiro atoms. The lowest BCUT2D eigenvalue weighted by Crippen LogP contribution is -2.07. The molecule has 6 aromatic carbocycles. The van der Waals surface area contributed by atoms with Crippen LogP contribution in [0.3, 0.4) is 0 Å². The number of fused-ring (bicyclic) bond motifs is 3. The highest BCUT2D eigenvalue weighted by Gasteiger charge is 2.27. The van der Waals surface area contributed by atoms with E-state index in [4.69, 9.17) is 5.73 Å². The lowest BCUT2D eigenvalue weighted by atomic mass is 9.83. The molecule has 1 heterocycles. The number of nitrogens with two attached hydrogens (primary N) is 1. The third kappa shape index (κ3) is 4.63. The Hall–Kier alpha value is -7.12. The van der Waals surface area contributed by atoms with E-state index >= 15 is 0 Å². The van der Waals surface area contributed by atoms with Gasteiger partial charge in [-0.25, -0.2) is 0 Å². The molecule has 0 saturated heterocycles. The number of aromatic nitrogens is 1. The summed E-state index contributed by atoms with van der Waals surface area (Å²) in [7, 11) is 0. The van der Waals surface area contributed by atoms with E-state index in [9.17, 15) is 21.0 Å². The quantitative estimate of drug-likeness (QED) is 0.198. The Morgan fingerprint density at radius 1 is 0.489 bits per heavy atom. The van der Waals surface area contributed by atoms with Crippen molar-refractivity contribution >= 4 is 27.5 Å². The zero-order valence-electron chi connectivity index (χ0n) is 25.1. The number of benzene rings is 6. The molecule has 0 atom stereocenters. The Balaban J connectivity index is 1.61. The number of hydrogen-bond donors (Lipinski definition) is 1. The van der Waals surface area contributed by atoms with E-state index in [0.29, 0.717) is 44.8 Å². The molecule has 2 N–H and O–H groups in total. The largest absolute Gasteiger partial charge is 0.398 e. The van der Waals surface area contributed by atoms with Crippen LogP contribution in [0.25, 0.3) is 49.7 Å². The Morgan fingerprint density at radius 2 is 0.979 bits per heavy atom. The summed E-state index contributed by atoms with van der Waals surface area (Å²) in [6.45, 7) is 0. The molecule has 7 rings (SSSR count). The fourth-order valence-corrected chi connectivity index (χ4v) is 6.61. The Kier molecular flexibility index (Phi) is 7.17. The van der Waals surface area contributed by atoms with Gasteiger partial charge < -0.3 is 10.3 Å². The molecule has 0 fully saturated rings. The average Bonchev–Trinajstić information content (AvgIpc) is 3.45. The second-order valence-corrected chi connectivity index (χ2v) is 11.1. The summed E-state index contributed by atoms with van der Waals surface area (Å²) in [4.78, 5) is 0. The minimum atomic E-state index is 0.270. The number of anilines is 1. The van der Waals surface area contributed by atoms with Gasteiger partial charge in [0.05, 0.1) is 57.2 Å². The first kappa shape index (κ1) is 28.6. The summed E-state index contributed by atoms with van der Waals surface area (Å²) >= 11 is 0. The van der Waals surface area contributed by atoms with Gasteiger partial charge in [-0.3, -0.25) is 0 Å². The third-order valence-electron chi connectivity index (χ3n) is 8.66. The first-order valence-corrected chi connectivity index (χ1v) is 14.9. The molecule has 0 radical (unpaired) electrons. The van der Waals surface area contributed by atoms with Crippen LogP contribution in [0, 0.1) is 45.3 Å². The standard InChI is InChI=1S/C41H24N6/c42-22-27-17-18-28(23-43)39(35(27)21-26-9-1-2-10-31(26)32-11-3-6-14-36(32)46)40-29(24-44)19-20-30(25-45)41(40)47-37-15-7-4-12-33(37)34-13-5-8-16-38(34)47/h1-20H,21,46H2. The molecule has 0 saturated carbocycles. The maximum atomic E-state index is 10.6. The van der Waals surface area contributed by atoms with E-state index in [0.717, 1.165) is 38.5 Å². The zero-order chi connectivity index (χ0) is 32.5. The smallest absolute Gasteiger partial charge is 0.101 e. The van der Waals surface area contributed by atoms with Crippen LogP contribution in [0.15, 0.2) is 121 Å². The van der Waals surface area contributed by atoms with Crippen LogP contribution < -0.4 is 5.73 Å². The number of hydrogen-bond acceptors (Lipinski definition) is 5. The topological polar surface area (TPSA) is 126 Å². The molecule has 0 aliphatic rings. The maximum Gasteiger partial charge on any atom is 0.101 e. The molecule has 0 unspecified atom stereocenters. The van der Waals surface area contributed by atoms with Crippen LogP contribution in [0.1, 0.15) is 33.4 Å². The van der Waals surface area contributed by atoms with Crippen molar-refractivity contribution < 1.29 is 0 Å². The number of nitrogens with zero attached hydrogens (tertiary/aromatic N) is 5. The number of para-hydroxylation sites is 3. The number of nitrogen functional groups attached to an aromatic ring is 1. The fourth-order valence-electron chi connectivity index (χ4n) is 6.61. The van der Waals surface area contributed by atoms with Crippen molar-refractivity contribution in [2.24, 2.45) is 0 Å². The first-order valence-electron chi connectivity index (χ1n) is 14.9. The second-order valence-electron chi connectivity index (χ2n) is 11.1. The van der Waals surface area contributed by atoms with Crippen LogP contribution in [-0.2, 0) is 6.42 Å². The molecule has 7 aromatic rings. The van der Waals surface area contributed by atoms with Gasteiger partial charge in [-0.1, -0.05) is 78.9 Å². The van der Waals surface area contributed by atoms with Crippen molar-refractivity contribution in [2.45, 2.75) is 6.42 Å². The van der Waals surface area contributed by atoms with Crippen LogP contribution in [0.4, 0.5) is 5.69 Å². The van der Waals surface area contributed by atoms with Gasteiger partial charge in [0.1, 0.15) is 6.07 Å². The van der Waals surface area contributed by atoms with E-state index in [1.54, 1.807) is 24.3 Å². The van der Waals surface area contributed by atoms with Crippen molar-refractivity contribution in [3.8, 4) is 52.2 Å². The highest BCUT2D eigenvalue weighted by atomic mass is 15.0. The van der Waals surface area contributed by atoms with Crippen LogP contribution in [0.2, 0.25) is 0 Å². The van der Waals surface area contributed by atoms with E-state index in [1.807, 2.05) is 102 Å². The van der Waals surface area contributed by atoms with Gasteiger partial charge in [0.15, 0.2) is 0 Å². The van der Waals surface area contributed by atoms with Crippen LogP contribution in [0.5, 0.6) is 0 Å². The summed E-state index contributed by atoms with van der Waals surface area (Å²) in [6, 6.07) is 47.2. The summed E-state index contributed by atoms with van der Waals surface area (Å²) in [6.07, 6.45) is 0.270. The number of nitriles is 4. The predicted octanol–water partition coefficient (Wildman–Crippen LogP) is 8.78. The van der Waals surface area contributed by atoms with Crippen molar-refractivity contribution in [3.63, 3.8) is 0 Å². The van der Waals surface area contributed by atoms with Gasteiger partial charge in [0, 0.05) is 39.6 Å². The lowest BCUT2D eigenvalue weighted by Gasteiger charge is -2.22. The highest BCUT2D eigenvalue weighted by molar-refractivity contribution is 6.10. The summed E-state index contributed by atoms with van der Waals surface area (Å²) < 4.78 is 2.00. The molecule has 6 nitrogen and oxygen atoms in total. The van der Waals surface area contributed by atoms with Gasteiger partial charge in [-0.2, -0.15) is 21.0 Å². The molecule has 1 aromatic heterocycles. The van der Waals surface area contributed by atoms with E-state index < -0.39 is 0 Å². The van der Waals surface area contributed by atoms with Gasteiger partial charge in [-0.05, 0) is 59.2 Å².